The quantitative estimate of drug-likeness (QED) is 0.392. The second kappa shape index (κ2) is 10.3. The number of hydrogen-bond acceptors (Lipinski definition) is 5. The molecule has 35 heavy (non-hydrogen) atoms. The SMILES string of the molecule is CC(C)(CNC(=O)C(NC(=O)OCC1c2ccccc2-c2ccccc21)c1cccs1)CC(=O)O. The molecule has 0 radical (unpaired) electrons. The van der Waals surface area contributed by atoms with Crippen LogP contribution in [0.3, 0.4) is 0 Å². The highest BCUT2D eigenvalue weighted by atomic mass is 32.1. The van der Waals surface area contributed by atoms with Crippen LogP contribution in [0.2, 0.25) is 0 Å². The summed E-state index contributed by atoms with van der Waals surface area (Å²) in [4.78, 5) is 37.5. The Morgan fingerprint density at radius 3 is 2.20 bits per heavy atom. The Kier molecular flexibility index (Phi) is 7.21. The third-order valence-electron chi connectivity index (χ3n) is 6.07. The minimum Gasteiger partial charge on any atom is -0.481 e. The summed E-state index contributed by atoms with van der Waals surface area (Å²) < 4.78 is 5.61. The number of fused-ring (bicyclic) bond motifs is 3. The second-order valence-corrected chi connectivity index (χ2v) is 10.4. The van der Waals surface area contributed by atoms with Crippen LogP contribution in [0.15, 0.2) is 66.0 Å². The van der Waals surface area contributed by atoms with Gasteiger partial charge in [0.1, 0.15) is 12.6 Å². The van der Waals surface area contributed by atoms with Gasteiger partial charge in [0.2, 0.25) is 5.91 Å². The van der Waals surface area contributed by atoms with Crippen molar-refractivity contribution in [1.29, 1.82) is 0 Å². The summed E-state index contributed by atoms with van der Waals surface area (Å²) in [5, 5.41) is 16.4. The number of carboxylic acids is 1. The summed E-state index contributed by atoms with van der Waals surface area (Å²) in [6.45, 7) is 3.83. The number of hydrogen-bond donors (Lipinski definition) is 3. The van der Waals surface area contributed by atoms with Crippen molar-refractivity contribution in [3.63, 3.8) is 0 Å². The molecule has 0 saturated carbocycles. The fourth-order valence-electron chi connectivity index (χ4n) is 4.38. The minimum absolute atomic E-state index is 0.0843. The van der Waals surface area contributed by atoms with E-state index >= 15 is 0 Å². The van der Waals surface area contributed by atoms with E-state index in [1.165, 1.54) is 11.3 Å². The number of thiophene rings is 1. The molecule has 3 N–H and O–H groups in total. The molecule has 7 nitrogen and oxygen atoms in total. The first-order chi connectivity index (χ1) is 16.7. The topological polar surface area (TPSA) is 105 Å². The Morgan fingerprint density at radius 1 is 1.00 bits per heavy atom. The maximum Gasteiger partial charge on any atom is 0.408 e. The van der Waals surface area contributed by atoms with Crippen molar-refractivity contribution in [2.24, 2.45) is 5.41 Å². The number of carboxylic acid groups (broad SMARTS) is 1. The van der Waals surface area contributed by atoms with E-state index in [1.807, 2.05) is 41.8 Å². The third-order valence-corrected chi connectivity index (χ3v) is 7.00. The number of carbonyl (C=O) groups is 3. The zero-order chi connectivity index (χ0) is 25.0. The number of carbonyl (C=O) groups excluding carboxylic acids is 2. The molecule has 0 fully saturated rings. The van der Waals surface area contributed by atoms with Crippen molar-refractivity contribution in [2.45, 2.75) is 32.2 Å². The molecule has 3 aromatic rings. The molecule has 0 spiro atoms. The number of amides is 2. The summed E-state index contributed by atoms with van der Waals surface area (Å²) >= 11 is 1.34. The van der Waals surface area contributed by atoms with Crippen molar-refractivity contribution in [3.05, 3.63) is 82.0 Å². The summed E-state index contributed by atoms with van der Waals surface area (Å²) in [5.41, 5.74) is 3.85. The van der Waals surface area contributed by atoms with Crippen molar-refractivity contribution >= 4 is 29.3 Å². The minimum atomic E-state index is -0.939. The second-order valence-electron chi connectivity index (χ2n) is 9.37. The molecule has 4 rings (SSSR count). The standard InChI is InChI=1S/C27H28N2O5S/c1-27(2,14-23(30)31)16-28-25(32)24(22-12-7-13-35-22)29-26(33)34-15-21-19-10-5-3-8-17(19)18-9-4-6-11-20(18)21/h3-13,21,24H,14-16H2,1-2H3,(H,28,32)(H,29,33)(H,30,31). The highest BCUT2D eigenvalue weighted by molar-refractivity contribution is 7.10. The largest absolute Gasteiger partial charge is 0.481 e. The van der Waals surface area contributed by atoms with Crippen LogP contribution in [0.5, 0.6) is 0 Å². The number of aliphatic carboxylic acids is 1. The maximum absolute atomic E-state index is 13.0. The van der Waals surface area contributed by atoms with E-state index in [-0.39, 0.29) is 25.5 Å². The molecule has 8 heteroatoms. The molecule has 1 aliphatic rings. The molecule has 2 aromatic carbocycles. The number of ether oxygens (including phenoxy) is 1. The highest BCUT2D eigenvalue weighted by Gasteiger charge is 2.31. The Morgan fingerprint density at radius 2 is 1.63 bits per heavy atom. The summed E-state index contributed by atoms with van der Waals surface area (Å²) in [5.74, 6) is -1.44. The van der Waals surface area contributed by atoms with Gasteiger partial charge in [-0.1, -0.05) is 68.4 Å². The smallest absolute Gasteiger partial charge is 0.408 e. The predicted molar refractivity (Wildman–Crippen MR) is 134 cm³/mol. The number of rotatable bonds is 9. The Hall–Kier alpha value is -3.65. The van der Waals surface area contributed by atoms with E-state index in [4.69, 9.17) is 9.84 Å². The van der Waals surface area contributed by atoms with Gasteiger partial charge in [-0.15, -0.1) is 11.3 Å². The molecule has 1 aliphatic carbocycles. The average molecular weight is 493 g/mol. The summed E-state index contributed by atoms with van der Waals surface area (Å²) in [7, 11) is 0. The van der Waals surface area contributed by atoms with Gasteiger partial charge >= 0.3 is 12.1 Å². The Balaban J connectivity index is 1.42. The number of benzene rings is 2. The van der Waals surface area contributed by atoms with E-state index in [1.54, 1.807) is 26.0 Å². The molecular weight excluding hydrogens is 464 g/mol. The number of alkyl carbamates (subject to hydrolysis) is 1. The first kappa shape index (κ1) is 24.5. The van der Waals surface area contributed by atoms with Gasteiger partial charge in [0, 0.05) is 17.3 Å². The van der Waals surface area contributed by atoms with Gasteiger partial charge in [-0.05, 0) is 39.1 Å². The molecule has 1 heterocycles. The van der Waals surface area contributed by atoms with Crippen LogP contribution in [0, 0.1) is 5.41 Å². The average Bonchev–Trinajstić information content (AvgIpc) is 3.46. The van der Waals surface area contributed by atoms with E-state index in [2.05, 4.69) is 22.8 Å². The van der Waals surface area contributed by atoms with Crippen LogP contribution in [-0.2, 0) is 14.3 Å². The van der Waals surface area contributed by atoms with Crippen molar-refractivity contribution in [3.8, 4) is 11.1 Å². The summed E-state index contributed by atoms with van der Waals surface area (Å²) in [6, 6.07) is 18.8. The van der Waals surface area contributed by atoms with Crippen LogP contribution >= 0.6 is 11.3 Å². The van der Waals surface area contributed by atoms with Gasteiger partial charge < -0.3 is 20.5 Å². The number of nitrogens with one attached hydrogen (secondary N) is 2. The van der Waals surface area contributed by atoms with E-state index in [0.717, 1.165) is 22.3 Å². The highest BCUT2D eigenvalue weighted by Crippen LogP contribution is 2.44. The zero-order valence-corrected chi connectivity index (χ0v) is 20.4. The van der Waals surface area contributed by atoms with Crippen LogP contribution in [-0.4, -0.2) is 36.2 Å². The fraction of sp³-hybridized carbons (Fsp3) is 0.296. The van der Waals surface area contributed by atoms with E-state index < -0.39 is 29.4 Å². The van der Waals surface area contributed by atoms with Gasteiger partial charge in [-0.3, -0.25) is 9.59 Å². The monoisotopic (exact) mass is 492 g/mol. The van der Waals surface area contributed by atoms with Gasteiger partial charge in [0.05, 0.1) is 6.42 Å². The van der Waals surface area contributed by atoms with Crippen LogP contribution in [0.25, 0.3) is 11.1 Å². The summed E-state index contributed by atoms with van der Waals surface area (Å²) in [6.07, 6.45) is -0.776. The fourth-order valence-corrected chi connectivity index (χ4v) is 5.15. The zero-order valence-electron chi connectivity index (χ0n) is 19.6. The molecule has 0 bridgehead atoms. The van der Waals surface area contributed by atoms with Gasteiger partial charge in [-0.2, -0.15) is 0 Å². The first-order valence-electron chi connectivity index (χ1n) is 11.4. The molecule has 1 aromatic heterocycles. The molecule has 0 saturated heterocycles. The lowest BCUT2D eigenvalue weighted by molar-refractivity contribution is -0.139. The maximum atomic E-state index is 13.0. The Labute approximate surface area is 208 Å². The van der Waals surface area contributed by atoms with Crippen molar-refractivity contribution < 1.29 is 24.2 Å². The molecule has 1 atom stereocenters. The lowest BCUT2D eigenvalue weighted by atomic mass is 9.89. The molecule has 2 amide bonds. The van der Waals surface area contributed by atoms with E-state index in [0.29, 0.717) is 4.88 Å². The first-order valence-corrected chi connectivity index (χ1v) is 12.3. The molecule has 1 unspecified atom stereocenters. The normalized spacial score (nSPS) is 13.4. The van der Waals surface area contributed by atoms with Crippen LogP contribution in [0.4, 0.5) is 4.79 Å². The van der Waals surface area contributed by atoms with E-state index in [9.17, 15) is 14.4 Å². The third kappa shape index (κ3) is 5.71. The van der Waals surface area contributed by atoms with Crippen LogP contribution < -0.4 is 10.6 Å². The van der Waals surface area contributed by atoms with Gasteiger partial charge in [-0.25, -0.2) is 4.79 Å². The lowest BCUT2D eigenvalue weighted by Gasteiger charge is -2.25. The molecule has 0 aliphatic heterocycles. The van der Waals surface area contributed by atoms with Crippen molar-refractivity contribution in [1.82, 2.24) is 10.6 Å². The Bertz CT molecular complexity index is 1180. The molecular formula is C27H28N2O5S. The lowest BCUT2D eigenvalue weighted by Crippen LogP contribution is -2.43. The molecule has 182 valence electrons. The van der Waals surface area contributed by atoms with Crippen molar-refractivity contribution in [2.75, 3.05) is 13.2 Å². The van der Waals surface area contributed by atoms with Crippen LogP contribution in [0.1, 0.15) is 48.2 Å². The van der Waals surface area contributed by atoms with Gasteiger partial charge in [0.15, 0.2) is 0 Å². The predicted octanol–water partition coefficient (Wildman–Crippen LogP) is 4.95. The van der Waals surface area contributed by atoms with Gasteiger partial charge in [0.25, 0.3) is 0 Å².